The molecule has 2 rings (SSSR count). The predicted molar refractivity (Wildman–Crippen MR) is 81.3 cm³/mol. The summed E-state index contributed by atoms with van der Waals surface area (Å²) in [5.74, 6) is 0.0387. The van der Waals surface area contributed by atoms with Crippen LogP contribution in [-0.4, -0.2) is 24.0 Å². The van der Waals surface area contributed by atoms with E-state index in [2.05, 4.69) is 15.6 Å². The van der Waals surface area contributed by atoms with Gasteiger partial charge in [0.05, 0.1) is 5.52 Å². The van der Waals surface area contributed by atoms with Crippen LogP contribution in [0.2, 0.25) is 0 Å². The van der Waals surface area contributed by atoms with Gasteiger partial charge in [0.1, 0.15) is 0 Å². The number of amides is 1. The molecule has 2 aromatic rings. The third-order valence-electron chi connectivity index (χ3n) is 3.32. The van der Waals surface area contributed by atoms with Crippen LogP contribution in [-0.2, 0) is 11.3 Å². The van der Waals surface area contributed by atoms with Crippen LogP contribution >= 0.6 is 0 Å². The van der Waals surface area contributed by atoms with Crippen molar-refractivity contribution in [2.24, 2.45) is 5.92 Å². The van der Waals surface area contributed by atoms with Crippen LogP contribution in [0.1, 0.15) is 19.4 Å². The fraction of sp³-hybridized carbons (Fsp3) is 0.375. The first-order chi connectivity index (χ1) is 9.72. The quantitative estimate of drug-likeness (QED) is 0.846. The van der Waals surface area contributed by atoms with Crippen molar-refractivity contribution in [1.29, 1.82) is 0 Å². The molecule has 0 aliphatic rings. The van der Waals surface area contributed by atoms with Gasteiger partial charge in [-0.2, -0.15) is 0 Å². The fourth-order valence-corrected chi connectivity index (χ4v) is 2.12. The molecule has 4 heteroatoms. The topological polar surface area (TPSA) is 54.0 Å². The molecule has 0 fully saturated rings. The van der Waals surface area contributed by atoms with E-state index in [1.807, 2.05) is 44.2 Å². The fourth-order valence-electron chi connectivity index (χ4n) is 2.12. The second kappa shape index (κ2) is 7.01. The van der Waals surface area contributed by atoms with Crippen molar-refractivity contribution in [2.75, 3.05) is 13.1 Å². The molecular formula is C16H21N3O. The van der Waals surface area contributed by atoms with Gasteiger partial charge in [-0.15, -0.1) is 0 Å². The number of carbonyl (C=O) groups is 1. The zero-order valence-electron chi connectivity index (χ0n) is 12.0. The van der Waals surface area contributed by atoms with E-state index in [1.54, 1.807) is 6.20 Å². The van der Waals surface area contributed by atoms with Gasteiger partial charge in [0.25, 0.3) is 0 Å². The summed E-state index contributed by atoms with van der Waals surface area (Å²) in [6.07, 6.45) is 1.78. The number of rotatable bonds is 6. The van der Waals surface area contributed by atoms with Crippen molar-refractivity contribution in [3.8, 4) is 0 Å². The van der Waals surface area contributed by atoms with Crippen molar-refractivity contribution >= 4 is 16.8 Å². The van der Waals surface area contributed by atoms with Gasteiger partial charge in [0.2, 0.25) is 5.91 Å². The highest BCUT2D eigenvalue weighted by Crippen LogP contribution is 2.15. The van der Waals surface area contributed by atoms with E-state index < -0.39 is 0 Å². The Balaban J connectivity index is 2.01. The Kier molecular flexibility index (Phi) is 5.07. The normalized spacial score (nSPS) is 12.3. The number of aromatic nitrogens is 1. The van der Waals surface area contributed by atoms with Gasteiger partial charge in [-0.05, 0) is 18.2 Å². The molecule has 1 amide bonds. The first-order valence-electron chi connectivity index (χ1n) is 7.03. The lowest BCUT2D eigenvalue weighted by Crippen LogP contribution is -2.34. The van der Waals surface area contributed by atoms with Gasteiger partial charge < -0.3 is 10.6 Å². The molecule has 1 aromatic heterocycles. The summed E-state index contributed by atoms with van der Waals surface area (Å²) in [6.45, 7) is 6.07. The molecule has 20 heavy (non-hydrogen) atoms. The summed E-state index contributed by atoms with van der Waals surface area (Å²) in [5.41, 5.74) is 2.00. The second-order valence-electron chi connectivity index (χ2n) is 4.92. The molecule has 1 atom stereocenters. The second-order valence-corrected chi connectivity index (χ2v) is 4.92. The third-order valence-corrected chi connectivity index (χ3v) is 3.32. The molecular weight excluding hydrogens is 250 g/mol. The number of fused-ring (bicyclic) bond motifs is 1. The van der Waals surface area contributed by atoms with Crippen molar-refractivity contribution < 1.29 is 4.79 Å². The van der Waals surface area contributed by atoms with Gasteiger partial charge in [-0.25, -0.2) is 0 Å². The van der Waals surface area contributed by atoms with E-state index in [1.165, 1.54) is 0 Å². The maximum absolute atomic E-state index is 12.0. The van der Waals surface area contributed by atoms with Gasteiger partial charge in [0, 0.05) is 30.6 Å². The van der Waals surface area contributed by atoms with Crippen LogP contribution in [0.4, 0.5) is 0 Å². The summed E-state index contributed by atoms with van der Waals surface area (Å²) in [7, 11) is 0. The highest BCUT2D eigenvalue weighted by molar-refractivity contribution is 5.83. The number of hydrogen-bond donors (Lipinski definition) is 2. The molecule has 2 N–H and O–H groups in total. The van der Waals surface area contributed by atoms with Gasteiger partial charge in [0.15, 0.2) is 0 Å². The zero-order valence-corrected chi connectivity index (χ0v) is 12.0. The molecule has 1 aromatic carbocycles. The monoisotopic (exact) mass is 271 g/mol. The standard InChI is InChI=1S/C16H21N3O/c1-3-17-10-12(2)16(20)19-11-14-7-4-6-13-8-5-9-18-15(13)14/h4-9,12,17H,3,10-11H2,1-2H3,(H,19,20). The van der Waals surface area contributed by atoms with Crippen LogP contribution in [0.5, 0.6) is 0 Å². The highest BCUT2D eigenvalue weighted by Gasteiger charge is 2.12. The Bertz CT molecular complexity index is 577. The number of pyridine rings is 1. The lowest BCUT2D eigenvalue weighted by molar-refractivity contribution is -0.124. The van der Waals surface area contributed by atoms with E-state index in [0.29, 0.717) is 13.1 Å². The summed E-state index contributed by atoms with van der Waals surface area (Å²) >= 11 is 0. The molecule has 0 saturated carbocycles. The molecule has 0 saturated heterocycles. The van der Waals surface area contributed by atoms with E-state index in [-0.39, 0.29) is 11.8 Å². The Morgan fingerprint density at radius 3 is 2.90 bits per heavy atom. The van der Waals surface area contributed by atoms with Crippen LogP contribution < -0.4 is 10.6 Å². The van der Waals surface area contributed by atoms with E-state index in [0.717, 1.165) is 23.0 Å². The van der Waals surface area contributed by atoms with Gasteiger partial charge in [-0.3, -0.25) is 9.78 Å². The minimum Gasteiger partial charge on any atom is -0.352 e. The molecule has 0 bridgehead atoms. The third kappa shape index (κ3) is 3.54. The molecule has 0 spiro atoms. The minimum absolute atomic E-state index is 0.0297. The van der Waals surface area contributed by atoms with Crippen LogP contribution in [0.3, 0.4) is 0 Å². The van der Waals surface area contributed by atoms with Crippen molar-refractivity contribution in [3.63, 3.8) is 0 Å². The van der Waals surface area contributed by atoms with Crippen LogP contribution in [0, 0.1) is 5.92 Å². The molecule has 0 radical (unpaired) electrons. The smallest absolute Gasteiger partial charge is 0.224 e. The van der Waals surface area contributed by atoms with Crippen LogP contribution in [0.25, 0.3) is 10.9 Å². The minimum atomic E-state index is -0.0297. The number of nitrogens with one attached hydrogen (secondary N) is 2. The summed E-state index contributed by atoms with van der Waals surface area (Å²) < 4.78 is 0. The molecule has 0 aliphatic carbocycles. The van der Waals surface area contributed by atoms with Gasteiger partial charge in [-0.1, -0.05) is 38.1 Å². The van der Waals surface area contributed by atoms with E-state index in [4.69, 9.17) is 0 Å². The van der Waals surface area contributed by atoms with Gasteiger partial charge >= 0.3 is 0 Å². The number of nitrogens with zero attached hydrogens (tertiary/aromatic N) is 1. The maximum atomic E-state index is 12.0. The van der Waals surface area contributed by atoms with Crippen LogP contribution in [0.15, 0.2) is 36.5 Å². The summed E-state index contributed by atoms with van der Waals surface area (Å²) in [6, 6.07) is 9.98. The first-order valence-corrected chi connectivity index (χ1v) is 7.03. The SMILES string of the molecule is CCNCC(C)C(=O)NCc1cccc2cccnc12. The zero-order chi connectivity index (χ0) is 14.4. The summed E-state index contributed by atoms with van der Waals surface area (Å²) in [4.78, 5) is 16.4. The molecule has 0 aliphatic heterocycles. The van der Waals surface area contributed by atoms with Crippen molar-refractivity contribution in [2.45, 2.75) is 20.4 Å². The summed E-state index contributed by atoms with van der Waals surface area (Å²) in [5, 5.41) is 7.26. The van der Waals surface area contributed by atoms with Crippen molar-refractivity contribution in [1.82, 2.24) is 15.6 Å². The van der Waals surface area contributed by atoms with E-state index >= 15 is 0 Å². The Hall–Kier alpha value is -1.94. The number of hydrogen-bond acceptors (Lipinski definition) is 3. The number of benzene rings is 1. The van der Waals surface area contributed by atoms with Crippen molar-refractivity contribution in [3.05, 3.63) is 42.1 Å². The molecule has 106 valence electrons. The number of para-hydroxylation sites is 1. The maximum Gasteiger partial charge on any atom is 0.224 e. The lowest BCUT2D eigenvalue weighted by Gasteiger charge is -2.13. The average molecular weight is 271 g/mol. The largest absolute Gasteiger partial charge is 0.352 e. The Labute approximate surface area is 119 Å². The molecule has 4 nitrogen and oxygen atoms in total. The molecule has 1 unspecified atom stereocenters. The number of carbonyl (C=O) groups excluding carboxylic acids is 1. The Morgan fingerprint density at radius 1 is 1.30 bits per heavy atom. The lowest BCUT2D eigenvalue weighted by atomic mass is 10.1. The highest BCUT2D eigenvalue weighted by atomic mass is 16.1. The van der Waals surface area contributed by atoms with E-state index in [9.17, 15) is 4.79 Å². The average Bonchev–Trinajstić information content (AvgIpc) is 2.50. The molecule has 1 heterocycles. The first kappa shape index (κ1) is 14.5. The predicted octanol–water partition coefficient (Wildman–Crippen LogP) is 2.10. The Morgan fingerprint density at radius 2 is 2.10 bits per heavy atom.